The summed E-state index contributed by atoms with van der Waals surface area (Å²) in [5.74, 6) is 2.29. The summed E-state index contributed by atoms with van der Waals surface area (Å²) < 4.78 is 10.9. The second-order valence-electron chi connectivity index (χ2n) is 8.96. The zero-order valence-corrected chi connectivity index (χ0v) is 19.7. The van der Waals surface area contributed by atoms with Crippen LogP contribution in [0.3, 0.4) is 0 Å². The van der Waals surface area contributed by atoms with E-state index < -0.39 is 0 Å². The predicted molar refractivity (Wildman–Crippen MR) is 121 cm³/mol. The second-order valence-corrected chi connectivity index (χ2v) is 9.78. The van der Waals surface area contributed by atoms with Gasteiger partial charge in [-0.25, -0.2) is 0 Å². The van der Waals surface area contributed by atoms with Crippen LogP contribution in [0.4, 0.5) is 0 Å². The summed E-state index contributed by atoms with van der Waals surface area (Å²) in [5, 5.41) is 1.24. The standard InChI is InChI=1S/C13H16Cl2O.C11H20O2/c1-9(13-4-2-3-7-16-13)10-5-6-11(14)12(15)8-10;1-8(2)10-5-4-9(3)6-11(10)13-7-12/h5-6,8-9,13H,2-4,7H2,1H3;7-11H,4-6H2,1-3H3. The summed E-state index contributed by atoms with van der Waals surface area (Å²) in [4.78, 5) is 10.3. The summed E-state index contributed by atoms with van der Waals surface area (Å²) in [6, 6.07) is 5.85. The van der Waals surface area contributed by atoms with Crippen LogP contribution in [-0.4, -0.2) is 25.3 Å². The summed E-state index contributed by atoms with van der Waals surface area (Å²) in [5.41, 5.74) is 1.21. The highest BCUT2D eigenvalue weighted by Gasteiger charge is 2.31. The quantitative estimate of drug-likeness (QED) is 0.449. The van der Waals surface area contributed by atoms with Crippen molar-refractivity contribution in [1.29, 1.82) is 0 Å². The van der Waals surface area contributed by atoms with Gasteiger partial charge in [-0.3, -0.25) is 4.79 Å². The number of rotatable bonds is 5. The molecule has 1 saturated carbocycles. The van der Waals surface area contributed by atoms with E-state index in [1.54, 1.807) is 0 Å². The molecular weight excluding hydrogens is 407 g/mol. The van der Waals surface area contributed by atoms with Crippen LogP contribution >= 0.6 is 23.2 Å². The highest BCUT2D eigenvalue weighted by molar-refractivity contribution is 6.42. The van der Waals surface area contributed by atoms with Crippen molar-refractivity contribution >= 4 is 29.7 Å². The molecule has 5 atom stereocenters. The van der Waals surface area contributed by atoms with Gasteiger partial charge < -0.3 is 9.47 Å². The molecule has 0 radical (unpaired) electrons. The summed E-state index contributed by atoms with van der Waals surface area (Å²) in [6.45, 7) is 10.3. The molecule has 29 heavy (non-hydrogen) atoms. The molecule has 1 aliphatic carbocycles. The van der Waals surface area contributed by atoms with Gasteiger partial charge in [0.2, 0.25) is 0 Å². The second kappa shape index (κ2) is 12.2. The minimum Gasteiger partial charge on any atom is -0.464 e. The molecule has 0 aromatic heterocycles. The van der Waals surface area contributed by atoms with E-state index in [1.807, 2.05) is 18.2 Å². The van der Waals surface area contributed by atoms with Crippen molar-refractivity contribution in [3.05, 3.63) is 33.8 Å². The van der Waals surface area contributed by atoms with Gasteiger partial charge in [-0.1, -0.05) is 63.4 Å². The number of carbonyl (C=O) groups excluding carboxylic acids is 1. The van der Waals surface area contributed by atoms with Gasteiger partial charge in [0.25, 0.3) is 6.47 Å². The maximum Gasteiger partial charge on any atom is 0.293 e. The molecule has 1 aliphatic heterocycles. The van der Waals surface area contributed by atoms with Crippen molar-refractivity contribution in [2.24, 2.45) is 17.8 Å². The molecule has 0 N–H and O–H groups in total. The zero-order chi connectivity index (χ0) is 21.4. The van der Waals surface area contributed by atoms with E-state index in [0.29, 0.717) is 46.3 Å². The molecule has 0 bridgehead atoms. The highest BCUT2D eigenvalue weighted by Crippen LogP contribution is 2.35. The fourth-order valence-electron chi connectivity index (χ4n) is 4.51. The molecule has 0 spiro atoms. The third-order valence-corrected chi connectivity index (χ3v) is 7.17. The van der Waals surface area contributed by atoms with E-state index in [2.05, 4.69) is 27.7 Å². The molecule has 3 nitrogen and oxygen atoms in total. The number of benzene rings is 1. The summed E-state index contributed by atoms with van der Waals surface area (Å²) >= 11 is 11.9. The van der Waals surface area contributed by atoms with Crippen molar-refractivity contribution in [2.75, 3.05) is 6.61 Å². The van der Waals surface area contributed by atoms with Crippen LogP contribution < -0.4 is 0 Å². The lowest BCUT2D eigenvalue weighted by Gasteiger charge is -2.35. The number of hydrogen-bond donors (Lipinski definition) is 0. The van der Waals surface area contributed by atoms with Gasteiger partial charge in [0, 0.05) is 12.5 Å². The van der Waals surface area contributed by atoms with Crippen LogP contribution in [-0.2, 0) is 14.3 Å². The third kappa shape index (κ3) is 7.45. The molecule has 1 saturated heterocycles. The van der Waals surface area contributed by atoms with Crippen molar-refractivity contribution in [1.82, 2.24) is 0 Å². The Hall–Kier alpha value is -0.770. The van der Waals surface area contributed by atoms with Crippen LogP contribution in [0.25, 0.3) is 0 Å². The van der Waals surface area contributed by atoms with Gasteiger partial charge in [-0.05, 0) is 67.6 Å². The van der Waals surface area contributed by atoms with E-state index in [0.717, 1.165) is 19.4 Å². The first-order valence-electron chi connectivity index (χ1n) is 11.0. The number of halogens is 2. The van der Waals surface area contributed by atoms with Gasteiger partial charge >= 0.3 is 0 Å². The molecule has 1 aromatic carbocycles. The molecule has 5 unspecified atom stereocenters. The van der Waals surface area contributed by atoms with E-state index >= 15 is 0 Å². The van der Waals surface area contributed by atoms with Crippen LogP contribution in [0.15, 0.2) is 18.2 Å². The maximum absolute atomic E-state index is 10.3. The first-order chi connectivity index (χ1) is 13.8. The molecule has 2 aliphatic rings. The van der Waals surface area contributed by atoms with E-state index in [9.17, 15) is 4.79 Å². The summed E-state index contributed by atoms with van der Waals surface area (Å²) in [7, 11) is 0. The molecule has 1 aromatic rings. The molecule has 164 valence electrons. The largest absolute Gasteiger partial charge is 0.464 e. The van der Waals surface area contributed by atoms with Crippen molar-refractivity contribution in [3.63, 3.8) is 0 Å². The fraction of sp³-hybridized carbons (Fsp3) is 0.708. The van der Waals surface area contributed by atoms with Crippen molar-refractivity contribution in [2.45, 2.75) is 84.3 Å². The molecule has 3 rings (SSSR count). The van der Waals surface area contributed by atoms with Crippen LogP contribution in [0.2, 0.25) is 10.0 Å². The predicted octanol–water partition coefficient (Wildman–Crippen LogP) is 7.29. The van der Waals surface area contributed by atoms with E-state index in [4.69, 9.17) is 32.7 Å². The van der Waals surface area contributed by atoms with Gasteiger partial charge in [0.15, 0.2) is 0 Å². The molecule has 5 heteroatoms. The van der Waals surface area contributed by atoms with Gasteiger partial charge in [-0.2, -0.15) is 0 Å². The highest BCUT2D eigenvalue weighted by atomic mass is 35.5. The average molecular weight is 443 g/mol. The van der Waals surface area contributed by atoms with Crippen LogP contribution in [0.1, 0.15) is 77.7 Å². The zero-order valence-electron chi connectivity index (χ0n) is 18.2. The molecule has 0 amide bonds. The topological polar surface area (TPSA) is 35.5 Å². The molecule has 2 fully saturated rings. The van der Waals surface area contributed by atoms with Crippen LogP contribution in [0, 0.1) is 17.8 Å². The Kier molecular flexibility index (Phi) is 10.3. The van der Waals surface area contributed by atoms with E-state index in [-0.39, 0.29) is 6.10 Å². The number of carbonyl (C=O) groups is 1. The van der Waals surface area contributed by atoms with Gasteiger partial charge in [0.1, 0.15) is 6.10 Å². The lowest BCUT2D eigenvalue weighted by Crippen LogP contribution is -2.33. The Balaban J connectivity index is 0.000000212. The first-order valence-corrected chi connectivity index (χ1v) is 11.7. The Morgan fingerprint density at radius 1 is 1.10 bits per heavy atom. The van der Waals surface area contributed by atoms with Crippen molar-refractivity contribution < 1.29 is 14.3 Å². The lowest BCUT2D eigenvalue weighted by atomic mass is 9.75. The third-order valence-electron chi connectivity index (χ3n) is 6.43. The SMILES string of the molecule is CC(c1ccc(Cl)c(Cl)c1)C1CCCCO1.CC1CCC(C(C)C)C(OC=O)C1. The van der Waals surface area contributed by atoms with Crippen molar-refractivity contribution in [3.8, 4) is 0 Å². The summed E-state index contributed by atoms with van der Waals surface area (Å²) in [6.07, 6.45) is 7.61. The lowest BCUT2D eigenvalue weighted by molar-refractivity contribution is -0.140. The Morgan fingerprint density at radius 2 is 1.86 bits per heavy atom. The number of ether oxygens (including phenoxy) is 2. The number of hydrogen-bond acceptors (Lipinski definition) is 3. The normalized spacial score (nSPS) is 28.2. The average Bonchev–Trinajstić information content (AvgIpc) is 2.71. The monoisotopic (exact) mass is 442 g/mol. The maximum atomic E-state index is 10.3. The minimum absolute atomic E-state index is 0.168. The van der Waals surface area contributed by atoms with E-state index in [1.165, 1.54) is 31.2 Å². The van der Waals surface area contributed by atoms with Gasteiger partial charge in [-0.15, -0.1) is 0 Å². The molecule has 1 heterocycles. The fourth-order valence-corrected chi connectivity index (χ4v) is 4.82. The van der Waals surface area contributed by atoms with Gasteiger partial charge in [0.05, 0.1) is 16.1 Å². The first kappa shape index (κ1) is 24.5. The van der Waals surface area contributed by atoms with Crippen LogP contribution in [0.5, 0.6) is 0 Å². The smallest absolute Gasteiger partial charge is 0.293 e. The Bertz CT molecular complexity index is 629. The minimum atomic E-state index is 0.168. The Labute approximate surface area is 186 Å². The Morgan fingerprint density at radius 3 is 2.45 bits per heavy atom. The molecular formula is C24H36Cl2O3.